The Morgan fingerprint density at radius 1 is 1.26 bits per heavy atom. The van der Waals surface area contributed by atoms with E-state index < -0.39 is 5.60 Å². The SMILES string of the molecule is COc1ccc(C2=NO[C@@](C)([C@H]3CC=C(C)/C(=N/NC(=O)c4cc5cc(F)ccc5[nH]4)C3)C2)cc1. The number of methoxy groups -OCH3 is 1. The normalized spacial score (nSPS) is 23.1. The number of aromatic amines is 1. The molecule has 5 rings (SSSR count). The number of carbonyl (C=O) groups is 1. The fraction of sp³-hybridized carbons (Fsp3) is 0.296. The summed E-state index contributed by atoms with van der Waals surface area (Å²) in [6.45, 7) is 4.07. The van der Waals surface area contributed by atoms with E-state index >= 15 is 0 Å². The fourth-order valence-electron chi connectivity index (χ4n) is 4.63. The van der Waals surface area contributed by atoms with Crippen LogP contribution < -0.4 is 10.2 Å². The molecule has 1 aliphatic heterocycles. The molecule has 7 nitrogen and oxygen atoms in total. The van der Waals surface area contributed by atoms with E-state index in [1.54, 1.807) is 19.2 Å². The Morgan fingerprint density at radius 3 is 2.83 bits per heavy atom. The number of benzene rings is 2. The Morgan fingerprint density at radius 2 is 2.06 bits per heavy atom. The predicted octanol–water partition coefficient (Wildman–Crippen LogP) is 5.34. The van der Waals surface area contributed by atoms with Crippen LogP contribution in [0.2, 0.25) is 0 Å². The molecule has 0 spiro atoms. The first-order chi connectivity index (χ1) is 16.8. The summed E-state index contributed by atoms with van der Waals surface area (Å²) in [5.74, 6) is 0.223. The van der Waals surface area contributed by atoms with Crippen LogP contribution in [0.3, 0.4) is 0 Å². The number of ether oxygens (including phenoxy) is 1. The van der Waals surface area contributed by atoms with Crippen LogP contribution in [0.5, 0.6) is 5.75 Å². The highest BCUT2D eigenvalue weighted by atomic mass is 19.1. The minimum Gasteiger partial charge on any atom is -0.497 e. The van der Waals surface area contributed by atoms with E-state index in [0.29, 0.717) is 29.4 Å². The lowest BCUT2D eigenvalue weighted by Gasteiger charge is -2.34. The minimum atomic E-state index is -0.474. The number of fused-ring (bicyclic) bond motifs is 1. The third-order valence-electron chi connectivity index (χ3n) is 6.89. The lowest BCUT2D eigenvalue weighted by atomic mass is 9.75. The molecule has 2 aromatic carbocycles. The average Bonchev–Trinajstić information content (AvgIpc) is 3.47. The zero-order valence-electron chi connectivity index (χ0n) is 19.9. The van der Waals surface area contributed by atoms with Gasteiger partial charge in [-0.15, -0.1) is 0 Å². The number of hydrogen-bond acceptors (Lipinski definition) is 5. The number of oxime groups is 1. The van der Waals surface area contributed by atoms with Crippen LogP contribution in [-0.2, 0) is 4.84 Å². The van der Waals surface area contributed by atoms with Gasteiger partial charge in [-0.05, 0) is 86.4 Å². The van der Waals surface area contributed by atoms with Gasteiger partial charge in [-0.1, -0.05) is 11.2 Å². The number of nitrogens with zero attached hydrogens (tertiary/aromatic N) is 2. The minimum absolute atomic E-state index is 0.150. The van der Waals surface area contributed by atoms with Crippen molar-refractivity contribution in [1.29, 1.82) is 0 Å². The van der Waals surface area contributed by atoms with Gasteiger partial charge in [-0.25, -0.2) is 9.82 Å². The van der Waals surface area contributed by atoms with Gasteiger partial charge < -0.3 is 14.6 Å². The number of nitrogens with one attached hydrogen (secondary N) is 2. The monoisotopic (exact) mass is 474 g/mol. The van der Waals surface area contributed by atoms with Crippen molar-refractivity contribution in [1.82, 2.24) is 10.4 Å². The Bertz CT molecular complexity index is 1370. The molecule has 1 amide bonds. The highest BCUT2D eigenvalue weighted by molar-refractivity contribution is 6.04. The average molecular weight is 475 g/mol. The number of H-pyrrole nitrogens is 1. The summed E-state index contributed by atoms with van der Waals surface area (Å²) in [6, 6.07) is 13.8. The number of hydrogen-bond donors (Lipinski definition) is 2. The van der Waals surface area contributed by atoms with E-state index in [1.807, 2.05) is 31.2 Å². The second kappa shape index (κ2) is 9.02. The highest BCUT2D eigenvalue weighted by Gasteiger charge is 2.43. The summed E-state index contributed by atoms with van der Waals surface area (Å²) in [7, 11) is 1.64. The lowest BCUT2D eigenvalue weighted by Crippen LogP contribution is -2.38. The van der Waals surface area contributed by atoms with Crippen molar-refractivity contribution in [3.8, 4) is 5.75 Å². The molecule has 0 radical (unpaired) electrons. The molecular formula is C27H27FN4O3. The number of allylic oxidation sites excluding steroid dienone is 2. The van der Waals surface area contributed by atoms with Gasteiger partial charge in [-0.3, -0.25) is 4.79 Å². The molecule has 2 aliphatic rings. The Balaban J connectivity index is 1.27. The molecule has 2 N–H and O–H groups in total. The second-order valence-electron chi connectivity index (χ2n) is 9.29. The molecule has 0 fully saturated rings. The van der Waals surface area contributed by atoms with Gasteiger partial charge in [0.25, 0.3) is 5.91 Å². The third-order valence-corrected chi connectivity index (χ3v) is 6.89. The van der Waals surface area contributed by atoms with Crippen LogP contribution >= 0.6 is 0 Å². The first-order valence-corrected chi connectivity index (χ1v) is 11.6. The van der Waals surface area contributed by atoms with Crippen molar-refractivity contribution < 1.29 is 18.8 Å². The molecule has 180 valence electrons. The molecule has 2 heterocycles. The molecule has 1 aliphatic carbocycles. The fourth-order valence-corrected chi connectivity index (χ4v) is 4.63. The summed E-state index contributed by atoms with van der Waals surface area (Å²) in [6.07, 6.45) is 4.31. The topological polar surface area (TPSA) is 88.1 Å². The summed E-state index contributed by atoms with van der Waals surface area (Å²) >= 11 is 0. The van der Waals surface area contributed by atoms with Gasteiger partial charge in [0.2, 0.25) is 0 Å². The maximum Gasteiger partial charge on any atom is 0.287 e. The first kappa shape index (κ1) is 22.8. The maximum atomic E-state index is 13.5. The molecule has 0 saturated heterocycles. The van der Waals surface area contributed by atoms with Gasteiger partial charge in [0.05, 0.1) is 18.5 Å². The van der Waals surface area contributed by atoms with Crippen molar-refractivity contribution >= 4 is 28.2 Å². The molecule has 0 bridgehead atoms. The van der Waals surface area contributed by atoms with Crippen molar-refractivity contribution in [2.75, 3.05) is 7.11 Å². The van der Waals surface area contributed by atoms with Crippen molar-refractivity contribution in [3.63, 3.8) is 0 Å². The molecule has 35 heavy (non-hydrogen) atoms. The van der Waals surface area contributed by atoms with E-state index in [0.717, 1.165) is 34.7 Å². The van der Waals surface area contributed by atoms with Crippen LogP contribution in [0, 0.1) is 11.7 Å². The van der Waals surface area contributed by atoms with Gasteiger partial charge >= 0.3 is 0 Å². The highest BCUT2D eigenvalue weighted by Crippen LogP contribution is 2.40. The standard InChI is InChI=1S/C27H27FN4O3/c1-16-4-7-19(27(2)15-25(32-35-27)17-5-9-21(34-3)10-6-17)14-23(16)30-31-26(33)24-13-18-12-20(28)8-11-22(18)29-24/h4-6,8-13,19,29H,7,14-15H2,1-3H3,(H,31,33)/b30-23+/t19-,27+/m0/s1. The summed E-state index contributed by atoms with van der Waals surface area (Å²) in [5.41, 5.74) is 6.94. The number of amides is 1. The van der Waals surface area contributed by atoms with Gasteiger partial charge in [0, 0.05) is 23.2 Å². The van der Waals surface area contributed by atoms with Crippen LogP contribution in [0.25, 0.3) is 10.9 Å². The van der Waals surface area contributed by atoms with Crippen LogP contribution in [-0.4, -0.2) is 35.0 Å². The zero-order valence-corrected chi connectivity index (χ0v) is 19.9. The number of hydrazone groups is 1. The molecule has 0 saturated carbocycles. The van der Waals surface area contributed by atoms with Gasteiger partial charge in [-0.2, -0.15) is 5.10 Å². The van der Waals surface area contributed by atoms with Crippen molar-refractivity contribution in [3.05, 3.63) is 77.3 Å². The van der Waals surface area contributed by atoms with Crippen LogP contribution in [0.1, 0.15) is 49.2 Å². The number of carbonyl (C=O) groups excluding carboxylic acids is 1. The lowest BCUT2D eigenvalue weighted by molar-refractivity contribution is -0.0470. The number of aromatic nitrogens is 1. The molecule has 0 unspecified atom stereocenters. The van der Waals surface area contributed by atoms with Crippen LogP contribution in [0.15, 0.2) is 70.4 Å². The third kappa shape index (κ3) is 4.56. The van der Waals surface area contributed by atoms with E-state index in [2.05, 4.69) is 33.7 Å². The van der Waals surface area contributed by atoms with Crippen molar-refractivity contribution in [2.24, 2.45) is 16.2 Å². The van der Waals surface area contributed by atoms with E-state index in [9.17, 15) is 9.18 Å². The summed E-state index contributed by atoms with van der Waals surface area (Å²) in [4.78, 5) is 21.7. The number of rotatable bonds is 5. The smallest absolute Gasteiger partial charge is 0.287 e. The van der Waals surface area contributed by atoms with E-state index in [4.69, 9.17) is 9.57 Å². The van der Waals surface area contributed by atoms with Crippen LogP contribution in [0.4, 0.5) is 4.39 Å². The first-order valence-electron chi connectivity index (χ1n) is 11.6. The van der Waals surface area contributed by atoms with Crippen molar-refractivity contribution in [2.45, 2.75) is 38.7 Å². The predicted molar refractivity (Wildman–Crippen MR) is 133 cm³/mol. The molecule has 8 heteroatoms. The summed E-state index contributed by atoms with van der Waals surface area (Å²) in [5, 5.41) is 9.45. The van der Waals surface area contributed by atoms with E-state index in [-0.39, 0.29) is 17.6 Å². The number of halogens is 1. The Labute approximate surface area is 202 Å². The maximum absolute atomic E-state index is 13.5. The Hall–Kier alpha value is -3.94. The molecule has 3 aromatic rings. The largest absolute Gasteiger partial charge is 0.497 e. The molecular weight excluding hydrogens is 447 g/mol. The van der Waals surface area contributed by atoms with Gasteiger partial charge in [0.15, 0.2) is 0 Å². The zero-order chi connectivity index (χ0) is 24.6. The quantitative estimate of drug-likeness (QED) is 0.489. The summed E-state index contributed by atoms with van der Waals surface area (Å²) < 4.78 is 18.7. The van der Waals surface area contributed by atoms with E-state index in [1.165, 1.54) is 12.1 Å². The van der Waals surface area contributed by atoms with Gasteiger partial charge in [0.1, 0.15) is 22.9 Å². The Kier molecular flexibility index (Phi) is 5.88. The molecule has 2 atom stereocenters. The molecule has 1 aromatic heterocycles. The second-order valence-corrected chi connectivity index (χ2v) is 9.29.